The Kier molecular flexibility index (Phi) is 3.81. The largest absolute Gasteiger partial charge is 0.337 e. The van der Waals surface area contributed by atoms with Crippen LogP contribution in [0.5, 0.6) is 0 Å². The maximum atomic E-state index is 13.4. The molecule has 0 saturated heterocycles. The normalized spacial score (nSPS) is 10.3. The Morgan fingerprint density at radius 2 is 2.12 bits per heavy atom. The second-order valence-electron chi connectivity index (χ2n) is 3.16. The number of thioether (sulfide) groups is 1. The van der Waals surface area contributed by atoms with Gasteiger partial charge in [0.2, 0.25) is 5.28 Å². The molecule has 2 aromatic rings. The first-order valence-corrected chi connectivity index (χ1v) is 6.39. The van der Waals surface area contributed by atoms with E-state index < -0.39 is 5.82 Å². The fourth-order valence-electron chi connectivity index (χ4n) is 1.31. The first kappa shape index (κ1) is 12.1. The molecular formula is C11H9ClFN3S. The quantitative estimate of drug-likeness (QED) is 0.680. The van der Waals surface area contributed by atoms with Crippen LogP contribution in [0.15, 0.2) is 35.4 Å². The summed E-state index contributed by atoms with van der Waals surface area (Å²) >= 11 is 7.19. The van der Waals surface area contributed by atoms with Gasteiger partial charge in [0.25, 0.3) is 0 Å². The number of halogens is 2. The Labute approximate surface area is 107 Å². The number of nitrogens with zero attached hydrogens (tertiary/aromatic N) is 2. The van der Waals surface area contributed by atoms with Crippen LogP contribution in [0.3, 0.4) is 0 Å². The second kappa shape index (κ2) is 5.33. The third-order valence-corrected chi connectivity index (χ3v) is 3.05. The Balaban J connectivity index is 2.34. The summed E-state index contributed by atoms with van der Waals surface area (Å²) in [6.45, 7) is 0. The van der Waals surface area contributed by atoms with Crippen LogP contribution in [-0.4, -0.2) is 16.2 Å². The first-order chi connectivity index (χ1) is 8.20. The van der Waals surface area contributed by atoms with E-state index in [9.17, 15) is 4.39 Å². The van der Waals surface area contributed by atoms with Gasteiger partial charge in [0.05, 0.1) is 11.9 Å². The Hall–Kier alpha value is -1.33. The summed E-state index contributed by atoms with van der Waals surface area (Å²) in [4.78, 5) is 8.36. The molecule has 2 rings (SSSR count). The van der Waals surface area contributed by atoms with E-state index in [4.69, 9.17) is 11.6 Å². The van der Waals surface area contributed by atoms with E-state index in [-0.39, 0.29) is 11.1 Å². The van der Waals surface area contributed by atoms with Crippen LogP contribution >= 0.6 is 23.4 Å². The first-order valence-electron chi connectivity index (χ1n) is 4.79. The summed E-state index contributed by atoms with van der Waals surface area (Å²) in [5.41, 5.74) is 0.786. The standard InChI is InChI=1S/C11H9ClFN3S/c1-17-9-5-3-2-4-8(9)15-10-7(13)6-14-11(12)16-10/h2-6H,1H3,(H,14,15,16). The SMILES string of the molecule is CSc1ccccc1Nc1nc(Cl)ncc1F. The molecule has 0 saturated carbocycles. The molecule has 1 heterocycles. The zero-order valence-corrected chi connectivity index (χ0v) is 10.5. The molecule has 1 aromatic carbocycles. The summed E-state index contributed by atoms with van der Waals surface area (Å²) < 4.78 is 13.4. The molecule has 0 aliphatic heterocycles. The fraction of sp³-hybridized carbons (Fsp3) is 0.0909. The van der Waals surface area contributed by atoms with Crippen molar-refractivity contribution in [2.24, 2.45) is 0 Å². The topological polar surface area (TPSA) is 37.8 Å². The van der Waals surface area contributed by atoms with Gasteiger partial charge in [0, 0.05) is 4.90 Å². The van der Waals surface area contributed by atoms with Gasteiger partial charge in [-0.1, -0.05) is 12.1 Å². The van der Waals surface area contributed by atoms with Gasteiger partial charge in [-0.3, -0.25) is 0 Å². The van der Waals surface area contributed by atoms with E-state index in [1.807, 2.05) is 30.5 Å². The lowest BCUT2D eigenvalue weighted by atomic mass is 10.3. The van der Waals surface area contributed by atoms with Gasteiger partial charge in [-0.25, -0.2) is 9.37 Å². The van der Waals surface area contributed by atoms with E-state index in [2.05, 4.69) is 15.3 Å². The fourth-order valence-corrected chi connectivity index (χ4v) is 2.00. The van der Waals surface area contributed by atoms with Crippen LogP contribution in [-0.2, 0) is 0 Å². The van der Waals surface area contributed by atoms with Crippen molar-refractivity contribution in [2.75, 3.05) is 11.6 Å². The minimum absolute atomic E-state index is 0.00975. The van der Waals surface area contributed by atoms with Crippen molar-refractivity contribution < 1.29 is 4.39 Å². The van der Waals surface area contributed by atoms with E-state index >= 15 is 0 Å². The maximum Gasteiger partial charge on any atom is 0.224 e. The summed E-state index contributed by atoms with van der Waals surface area (Å²) in [6.07, 6.45) is 2.99. The number of para-hydroxylation sites is 1. The third-order valence-electron chi connectivity index (χ3n) is 2.07. The highest BCUT2D eigenvalue weighted by atomic mass is 35.5. The molecule has 17 heavy (non-hydrogen) atoms. The molecule has 6 heteroatoms. The molecule has 88 valence electrons. The third kappa shape index (κ3) is 2.87. The molecule has 0 aliphatic rings. The number of hydrogen-bond acceptors (Lipinski definition) is 4. The second-order valence-corrected chi connectivity index (χ2v) is 4.35. The van der Waals surface area contributed by atoms with Crippen molar-refractivity contribution in [1.82, 2.24) is 9.97 Å². The molecule has 0 atom stereocenters. The lowest BCUT2D eigenvalue weighted by molar-refractivity contribution is 0.619. The van der Waals surface area contributed by atoms with Crippen LogP contribution in [0.2, 0.25) is 5.28 Å². The minimum atomic E-state index is -0.537. The number of nitrogens with one attached hydrogen (secondary N) is 1. The van der Waals surface area contributed by atoms with E-state index in [0.717, 1.165) is 16.8 Å². The van der Waals surface area contributed by atoms with E-state index in [0.29, 0.717) is 0 Å². The van der Waals surface area contributed by atoms with E-state index in [1.54, 1.807) is 11.8 Å². The molecule has 0 amide bonds. The number of hydrogen-bond donors (Lipinski definition) is 1. The number of aromatic nitrogens is 2. The predicted octanol–water partition coefficient (Wildman–Crippen LogP) is 3.73. The lowest BCUT2D eigenvalue weighted by Gasteiger charge is -2.09. The molecule has 1 N–H and O–H groups in total. The van der Waals surface area contributed by atoms with Crippen molar-refractivity contribution in [1.29, 1.82) is 0 Å². The zero-order valence-electron chi connectivity index (χ0n) is 8.95. The lowest BCUT2D eigenvalue weighted by Crippen LogP contribution is -1.99. The summed E-state index contributed by atoms with van der Waals surface area (Å²) in [5.74, 6) is -0.461. The predicted molar refractivity (Wildman–Crippen MR) is 68.5 cm³/mol. The molecule has 0 fully saturated rings. The molecular weight excluding hydrogens is 261 g/mol. The highest BCUT2D eigenvalue weighted by molar-refractivity contribution is 7.98. The van der Waals surface area contributed by atoms with Gasteiger partial charge in [0.1, 0.15) is 0 Å². The molecule has 0 spiro atoms. The van der Waals surface area contributed by atoms with Crippen molar-refractivity contribution in [3.8, 4) is 0 Å². The van der Waals surface area contributed by atoms with Crippen LogP contribution in [0.1, 0.15) is 0 Å². The molecule has 0 unspecified atom stereocenters. The van der Waals surface area contributed by atoms with Crippen molar-refractivity contribution in [3.05, 3.63) is 41.6 Å². The van der Waals surface area contributed by atoms with Crippen LogP contribution < -0.4 is 5.32 Å². The Bertz CT molecular complexity index is 536. The monoisotopic (exact) mass is 269 g/mol. The maximum absolute atomic E-state index is 13.4. The van der Waals surface area contributed by atoms with Gasteiger partial charge >= 0.3 is 0 Å². The highest BCUT2D eigenvalue weighted by Crippen LogP contribution is 2.28. The highest BCUT2D eigenvalue weighted by Gasteiger charge is 2.08. The number of benzene rings is 1. The number of rotatable bonds is 3. The molecule has 0 radical (unpaired) electrons. The Morgan fingerprint density at radius 3 is 2.88 bits per heavy atom. The van der Waals surface area contributed by atoms with Gasteiger partial charge in [-0.2, -0.15) is 4.98 Å². The molecule has 0 aliphatic carbocycles. The minimum Gasteiger partial charge on any atom is -0.337 e. The summed E-state index contributed by atoms with van der Waals surface area (Å²) in [5, 5.41) is 2.91. The van der Waals surface area contributed by atoms with Gasteiger partial charge < -0.3 is 5.32 Å². The average molecular weight is 270 g/mol. The smallest absolute Gasteiger partial charge is 0.224 e. The van der Waals surface area contributed by atoms with E-state index in [1.165, 1.54) is 0 Å². The zero-order chi connectivity index (χ0) is 12.3. The van der Waals surface area contributed by atoms with Gasteiger partial charge in [-0.15, -0.1) is 11.8 Å². The van der Waals surface area contributed by atoms with Gasteiger partial charge in [-0.05, 0) is 30.0 Å². The summed E-state index contributed by atoms with van der Waals surface area (Å²) in [6, 6.07) is 7.57. The van der Waals surface area contributed by atoms with Gasteiger partial charge in [0.15, 0.2) is 11.6 Å². The Morgan fingerprint density at radius 1 is 1.35 bits per heavy atom. The molecule has 1 aromatic heterocycles. The molecule has 3 nitrogen and oxygen atoms in total. The number of anilines is 2. The van der Waals surface area contributed by atoms with Crippen LogP contribution in [0.4, 0.5) is 15.9 Å². The average Bonchev–Trinajstić information content (AvgIpc) is 2.34. The molecule has 0 bridgehead atoms. The van der Waals surface area contributed by atoms with Crippen LogP contribution in [0, 0.1) is 5.82 Å². The van der Waals surface area contributed by atoms with Crippen molar-refractivity contribution in [3.63, 3.8) is 0 Å². The summed E-state index contributed by atoms with van der Waals surface area (Å²) in [7, 11) is 0. The van der Waals surface area contributed by atoms with Crippen molar-refractivity contribution in [2.45, 2.75) is 4.90 Å². The van der Waals surface area contributed by atoms with Crippen LogP contribution in [0.25, 0.3) is 0 Å². The van der Waals surface area contributed by atoms with Crippen molar-refractivity contribution >= 4 is 34.9 Å².